The molecular weight excluding hydrogens is 609 g/mol. The fourth-order valence-corrected chi connectivity index (χ4v) is 8.13. The summed E-state index contributed by atoms with van der Waals surface area (Å²) in [6, 6.07) is 58.6. The average Bonchev–Trinajstić information content (AvgIpc) is 3.71. The minimum atomic E-state index is 0.861. The van der Waals surface area contributed by atoms with Gasteiger partial charge in [-0.15, -0.1) is 0 Å². The average molecular weight is 637 g/mol. The molecule has 0 amide bonds. The van der Waals surface area contributed by atoms with E-state index in [1.807, 2.05) is 12.3 Å². The quantitative estimate of drug-likeness (QED) is 0.181. The van der Waals surface area contributed by atoms with Crippen molar-refractivity contribution >= 4 is 76.2 Å². The van der Waals surface area contributed by atoms with Crippen LogP contribution < -0.4 is 0 Å². The zero-order valence-corrected chi connectivity index (χ0v) is 27.0. The van der Waals surface area contributed by atoms with E-state index in [0.29, 0.717) is 0 Å². The summed E-state index contributed by atoms with van der Waals surface area (Å²) in [6.45, 7) is 0. The van der Waals surface area contributed by atoms with E-state index in [1.165, 1.54) is 43.6 Å². The lowest BCUT2D eigenvalue weighted by molar-refractivity contribution is 1.18. The number of para-hydroxylation sites is 4. The van der Waals surface area contributed by atoms with Crippen LogP contribution in [0.15, 0.2) is 170 Å². The Bertz CT molecular complexity index is 3040. The van der Waals surface area contributed by atoms with Gasteiger partial charge in [-0.1, -0.05) is 115 Å². The van der Waals surface area contributed by atoms with Crippen LogP contribution in [0.4, 0.5) is 0 Å². The molecule has 0 spiro atoms. The normalized spacial score (nSPS) is 12.0. The highest BCUT2D eigenvalue weighted by Gasteiger charge is 2.18. The second kappa shape index (κ2) is 10.4. The molecule has 11 rings (SSSR count). The molecule has 4 heteroatoms. The number of benzene rings is 8. The largest absolute Gasteiger partial charge is 0.309 e. The highest BCUT2D eigenvalue weighted by Crippen LogP contribution is 2.40. The number of hydrogen-bond acceptors (Lipinski definition) is 2. The first-order chi connectivity index (χ1) is 24.8. The molecule has 0 aliphatic carbocycles. The topological polar surface area (TPSA) is 35.6 Å². The van der Waals surface area contributed by atoms with Crippen molar-refractivity contribution < 1.29 is 0 Å². The van der Waals surface area contributed by atoms with Crippen LogP contribution in [0, 0.1) is 0 Å². The summed E-state index contributed by atoms with van der Waals surface area (Å²) in [4.78, 5) is 10.6. The summed E-state index contributed by atoms with van der Waals surface area (Å²) in [6.07, 6.45) is 1.92. The van der Waals surface area contributed by atoms with Crippen LogP contribution in [0.5, 0.6) is 0 Å². The van der Waals surface area contributed by atoms with E-state index >= 15 is 0 Å². The molecule has 0 bridgehead atoms. The van der Waals surface area contributed by atoms with Crippen molar-refractivity contribution in [3.05, 3.63) is 170 Å². The van der Waals surface area contributed by atoms with Gasteiger partial charge in [-0.05, 0) is 59.3 Å². The van der Waals surface area contributed by atoms with Crippen molar-refractivity contribution in [3.8, 4) is 22.6 Å². The first-order valence-electron chi connectivity index (χ1n) is 17.0. The van der Waals surface area contributed by atoms with Crippen molar-refractivity contribution in [2.24, 2.45) is 0 Å². The minimum Gasteiger partial charge on any atom is -0.309 e. The summed E-state index contributed by atoms with van der Waals surface area (Å²) in [5.74, 6) is 0. The van der Waals surface area contributed by atoms with E-state index < -0.39 is 0 Å². The summed E-state index contributed by atoms with van der Waals surface area (Å²) >= 11 is 0. The van der Waals surface area contributed by atoms with Gasteiger partial charge in [0.1, 0.15) is 0 Å². The second-order valence-electron chi connectivity index (χ2n) is 13.0. The van der Waals surface area contributed by atoms with Gasteiger partial charge < -0.3 is 9.13 Å². The van der Waals surface area contributed by atoms with Crippen molar-refractivity contribution in [3.63, 3.8) is 0 Å². The zero-order valence-electron chi connectivity index (χ0n) is 27.0. The van der Waals surface area contributed by atoms with E-state index in [4.69, 9.17) is 9.97 Å². The maximum Gasteiger partial charge on any atom is 0.0980 e. The molecule has 11 aromatic rings. The predicted molar refractivity (Wildman–Crippen MR) is 209 cm³/mol. The van der Waals surface area contributed by atoms with Crippen molar-refractivity contribution in [2.75, 3.05) is 0 Å². The molecule has 232 valence electrons. The Morgan fingerprint density at radius 1 is 0.340 bits per heavy atom. The van der Waals surface area contributed by atoms with Gasteiger partial charge in [0.25, 0.3) is 0 Å². The fraction of sp³-hybridized carbons (Fsp3) is 0. The van der Waals surface area contributed by atoms with Crippen LogP contribution in [0.25, 0.3) is 98.8 Å². The van der Waals surface area contributed by atoms with E-state index in [2.05, 4.69) is 167 Å². The third kappa shape index (κ3) is 3.81. The van der Waals surface area contributed by atoms with Crippen molar-refractivity contribution in [1.29, 1.82) is 0 Å². The van der Waals surface area contributed by atoms with E-state index in [1.54, 1.807) is 0 Å². The lowest BCUT2D eigenvalue weighted by Crippen LogP contribution is -1.98. The maximum atomic E-state index is 5.38. The molecule has 4 nitrogen and oxygen atoms in total. The van der Waals surface area contributed by atoms with Gasteiger partial charge in [0.15, 0.2) is 0 Å². The highest BCUT2D eigenvalue weighted by atomic mass is 15.0. The third-order valence-corrected chi connectivity index (χ3v) is 10.3. The molecule has 0 aliphatic heterocycles. The van der Waals surface area contributed by atoms with Crippen molar-refractivity contribution in [1.82, 2.24) is 19.1 Å². The van der Waals surface area contributed by atoms with Gasteiger partial charge in [-0.25, -0.2) is 4.98 Å². The Morgan fingerprint density at radius 3 is 1.24 bits per heavy atom. The third-order valence-electron chi connectivity index (χ3n) is 10.3. The van der Waals surface area contributed by atoms with E-state index in [-0.39, 0.29) is 0 Å². The smallest absolute Gasteiger partial charge is 0.0980 e. The van der Waals surface area contributed by atoms with Crippen LogP contribution in [-0.2, 0) is 0 Å². The Balaban J connectivity index is 1.23. The summed E-state index contributed by atoms with van der Waals surface area (Å²) in [7, 11) is 0. The molecule has 3 heterocycles. The number of rotatable bonds is 3. The zero-order chi connectivity index (χ0) is 32.8. The van der Waals surface area contributed by atoms with Gasteiger partial charge in [-0.2, -0.15) is 0 Å². The molecule has 0 aliphatic rings. The molecular formula is C46H28N4. The van der Waals surface area contributed by atoms with Gasteiger partial charge in [0.2, 0.25) is 0 Å². The summed E-state index contributed by atoms with van der Waals surface area (Å²) in [5, 5.41) is 9.47. The first-order valence-corrected chi connectivity index (χ1v) is 17.0. The van der Waals surface area contributed by atoms with Gasteiger partial charge in [0, 0.05) is 49.3 Å². The number of nitrogens with zero attached hydrogens (tertiary/aromatic N) is 4. The van der Waals surface area contributed by atoms with Crippen LogP contribution in [0.3, 0.4) is 0 Å². The molecule has 0 fully saturated rings. The Labute approximate surface area is 287 Å². The minimum absolute atomic E-state index is 0.861. The van der Waals surface area contributed by atoms with Crippen LogP contribution in [0.1, 0.15) is 0 Å². The van der Waals surface area contributed by atoms with Gasteiger partial charge in [0.05, 0.1) is 45.0 Å². The molecule has 0 atom stereocenters. The highest BCUT2D eigenvalue weighted by molar-refractivity contribution is 6.24. The molecule has 50 heavy (non-hydrogen) atoms. The van der Waals surface area contributed by atoms with Crippen LogP contribution >= 0.6 is 0 Å². The lowest BCUT2D eigenvalue weighted by atomic mass is 9.98. The first kappa shape index (κ1) is 27.2. The summed E-state index contributed by atoms with van der Waals surface area (Å²) < 4.78 is 4.75. The van der Waals surface area contributed by atoms with Crippen molar-refractivity contribution in [2.45, 2.75) is 0 Å². The summed E-state index contributed by atoms with van der Waals surface area (Å²) in [5.41, 5.74) is 10.7. The SMILES string of the molecule is c1ccc(-c2cnc3c4cc(-n5c6ccccc6c6ccccc65)ccc4c4ccc(-n5c6ccccc6c6ccccc65)cc4c3n2)cc1. The van der Waals surface area contributed by atoms with Gasteiger partial charge >= 0.3 is 0 Å². The molecule has 0 saturated carbocycles. The monoisotopic (exact) mass is 636 g/mol. The van der Waals surface area contributed by atoms with Crippen LogP contribution in [0.2, 0.25) is 0 Å². The number of fused-ring (bicyclic) bond motifs is 12. The number of hydrogen-bond donors (Lipinski definition) is 0. The maximum absolute atomic E-state index is 5.38. The molecule has 0 N–H and O–H groups in total. The Morgan fingerprint density at radius 2 is 0.760 bits per heavy atom. The standard InChI is InChI=1S/C46H28N4/c1-2-12-29(13-3-1)40-28-47-45-38-26-30(49-41-18-8-4-14-34(41)35-15-5-9-19-42(35)49)22-24-32(38)33-25-23-31(27-39(33)46(45)48-40)50-43-20-10-6-16-36(43)37-17-7-11-21-44(37)50/h1-28H. The molecule has 3 aromatic heterocycles. The van der Waals surface area contributed by atoms with E-state index in [9.17, 15) is 0 Å². The molecule has 8 aromatic carbocycles. The fourth-order valence-electron chi connectivity index (χ4n) is 8.13. The Hall–Kier alpha value is -6.78. The van der Waals surface area contributed by atoms with E-state index in [0.717, 1.165) is 55.2 Å². The molecule has 0 radical (unpaired) electrons. The lowest BCUT2D eigenvalue weighted by Gasteiger charge is -2.15. The Kier molecular flexibility index (Phi) is 5.63. The van der Waals surface area contributed by atoms with Gasteiger partial charge in [-0.3, -0.25) is 4.98 Å². The predicted octanol–water partition coefficient (Wildman–Crippen LogP) is 11.8. The molecule has 0 saturated heterocycles. The number of aromatic nitrogens is 4. The molecule has 0 unspecified atom stereocenters. The second-order valence-corrected chi connectivity index (χ2v) is 13.0. The van der Waals surface area contributed by atoms with Crippen LogP contribution in [-0.4, -0.2) is 19.1 Å².